The molecule has 19 heavy (non-hydrogen) atoms. The Kier molecular flexibility index (Phi) is 5.14. The Morgan fingerprint density at radius 2 is 2.05 bits per heavy atom. The second-order valence-electron chi connectivity index (χ2n) is 3.77. The summed E-state index contributed by atoms with van der Waals surface area (Å²) in [5.74, 6) is 0.497. The van der Waals surface area contributed by atoms with Gasteiger partial charge < -0.3 is 14.3 Å². The van der Waals surface area contributed by atoms with Crippen molar-refractivity contribution in [2.45, 2.75) is 6.10 Å². The number of ether oxygens (including phenoxy) is 1. The predicted octanol–water partition coefficient (Wildman–Crippen LogP) is 1.83. The van der Waals surface area contributed by atoms with Crippen molar-refractivity contribution in [2.75, 3.05) is 13.2 Å². The van der Waals surface area contributed by atoms with E-state index in [1.165, 1.54) is 6.07 Å². The first kappa shape index (κ1) is 14.3. The highest BCUT2D eigenvalue weighted by Gasteiger charge is 2.07. The molecule has 7 heteroatoms. The molecule has 1 atom stereocenters. The fourth-order valence-corrected chi connectivity index (χ4v) is 1.62. The van der Waals surface area contributed by atoms with Gasteiger partial charge in [0.05, 0.1) is 0 Å². The van der Waals surface area contributed by atoms with E-state index in [0.717, 1.165) is 5.39 Å². The molecule has 0 aliphatic carbocycles. The summed E-state index contributed by atoms with van der Waals surface area (Å²) in [5, 5.41) is 10.3. The van der Waals surface area contributed by atoms with E-state index >= 15 is 0 Å². The summed E-state index contributed by atoms with van der Waals surface area (Å²) < 4.78 is 14.7. The van der Waals surface area contributed by atoms with E-state index in [1.807, 2.05) is 0 Å². The number of rotatable bonds is 6. The van der Waals surface area contributed by atoms with Gasteiger partial charge in [-0.3, -0.25) is 0 Å². The number of halogens is 1. The minimum absolute atomic E-state index is 0.00556. The van der Waals surface area contributed by atoms with Crippen LogP contribution < -0.4 is 10.4 Å². The van der Waals surface area contributed by atoms with Gasteiger partial charge in [0.1, 0.15) is 30.7 Å². The van der Waals surface area contributed by atoms with Crippen LogP contribution in [0.1, 0.15) is 0 Å². The Labute approximate surface area is 122 Å². The summed E-state index contributed by atoms with van der Waals surface area (Å²) in [6.07, 6.45) is -0.812. The quantitative estimate of drug-likeness (QED) is 0.358. The lowest BCUT2D eigenvalue weighted by atomic mass is 10.2. The van der Waals surface area contributed by atoms with Crippen molar-refractivity contribution >= 4 is 34.0 Å². The van der Waals surface area contributed by atoms with Gasteiger partial charge in [0.25, 0.3) is 0 Å². The Morgan fingerprint density at radius 1 is 1.26 bits per heavy atom. The van der Waals surface area contributed by atoms with Gasteiger partial charge >= 0.3 is 5.63 Å². The third-order valence-electron chi connectivity index (χ3n) is 2.34. The van der Waals surface area contributed by atoms with Gasteiger partial charge in [-0.25, -0.2) is 9.68 Å². The number of hydrogen-bond donors (Lipinski definition) is 1. The first-order chi connectivity index (χ1) is 9.19. The molecule has 0 radical (unpaired) electrons. The molecule has 0 unspecified atom stereocenters. The fourth-order valence-electron chi connectivity index (χ4n) is 1.48. The first-order valence-electron chi connectivity index (χ1n) is 5.44. The van der Waals surface area contributed by atoms with E-state index in [-0.39, 0.29) is 13.2 Å². The van der Waals surface area contributed by atoms with Crippen LogP contribution in [-0.4, -0.2) is 24.4 Å². The molecule has 0 fully saturated rings. The largest absolute Gasteiger partial charge is 0.491 e. The van der Waals surface area contributed by atoms with Crippen LogP contribution in [0.3, 0.4) is 0 Å². The van der Waals surface area contributed by atoms with Gasteiger partial charge in [-0.15, -0.1) is 0 Å². The second-order valence-corrected chi connectivity index (χ2v) is 4.13. The van der Waals surface area contributed by atoms with E-state index in [0.29, 0.717) is 11.3 Å². The van der Waals surface area contributed by atoms with Crippen LogP contribution in [0, 0.1) is 0 Å². The topological polar surface area (TPSA) is 78.1 Å². The molecule has 0 aliphatic heterocycles. The highest BCUT2D eigenvalue weighted by atomic mass is 127. The van der Waals surface area contributed by atoms with E-state index in [2.05, 4.69) is 8.10 Å². The van der Waals surface area contributed by atoms with Crippen LogP contribution in [0.4, 0.5) is 0 Å². The van der Waals surface area contributed by atoms with Crippen molar-refractivity contribution in [3.63, 3.8) is 0 Å². The third-order valence-corrected chi connectivity index (χ3v) is 2.60. The summed E-state index contributed by atoms with van der Waals surface area (Å²) in [7, 11) is 0. The molecule has 1 N–H and O–H groups in total. The van der Waals surface area contributed by atoms with Crippen LogP contribution in [-0.2, 0) is 8.10 Å². The molecule has 6 nitrogen and oxygen atoms in total. The summed E-state index contributed by atoms with van der Waals surface area (Å²) >= 11 is 1.56. The monoisotopic (exact) mass is 378 g/mol. The molecule has 0 saturated heterocycles. The molecule has 1 aromatic heterocycles. The van der Waals surface area contributed by atoms with Gasteiger partial charge in [-0.05, 0) is 18.2 Å². The van der Waals surface area contributed by atoms with Crippen molar-refractivity contribution in [1.82, 2.24) is 0 Å². The zero-order chi connectivity index (χ0) is 13.7. The van der Waals surface area contributed by atoms with E-state index in [9.17, 15) is 9.90 Å². The van der Waals surface area contributed by atoms with Gasteiger partial charge in [-0.2, -0.15) is 3.22 Å². The lowest BCUT2D eigenvalue weighted by Crippen LogP contribution is -2.22. The molecule has 2 rings (SSSR count). The van der Waals surface area contributed by atoms with Crippen LogP contribution in [0.2, 0.25) is 0 Å². The molecule has 0 spiro atoms. The number of benzene rings is 1. The Morgan fingerprint density at radius 3 is 2.84 bits per heavy atom. The Hall–Kier alpha value is -1.16. The summed E-state index contributed by atoms with van der Waals surface area (Å²) in [6.45, 7) is 0.0498. The SMILES string of the molecule is O=c1ccc2ccc(OC[C@@H](O)COOI)cc2o1. The molecular weight excluding hydrogens is 367 g/mol. The van der Waals surface area contributed by atoms with E-state index in [1.54, 1.807) is 47.3 Å². The molecule has 1 aromatic carbocycles. The molecule has 0 amide bonds. The van der Waals surface area contributed by atoms with E-state index in [4.69, 9.17) is 9.15 Å². The summed E-state index contributed by atoms with van der Waals surface area (Å²) in [5.41, 5.74) is 0.0172. The van der Waals surface area contributed by atoms with Crippen molar-refractivity contribution in [3.05, 3.63) is 40.8 Å². The van der Waals surface area contributed by atoms with Crippen LogP contribution in [0.25, 0.3) is 11.0 Å². The smallest absolute Gasteiger partial charge is 0.336 e. The number of aliphatic hydroxyl groups excluding tert-OH is 1. The normalized spacial score (nSPS) is 12.5. The highest BCUT2D eigenvalue weighted by molar-refractivity contribution is 14.1. The molecule has 2 aromatic rings. The van der Waals surface area contributed by atoms with E-state index < -0.39 is 11.7 Å². The second kappa shape index (κ2) is 6.85. The zero-order valence-corrected chi connectivity index (χ0v) is 11.9. The Bertz CT molecular complexity index is 596. The molecule has 0 bridgehead atoms. The predicted molar refractivity (Wildman–Crippen MR) is 75.0 cm³/mol. The highest BCUT2D eigenvalue weighted by Crippen LogP contribution is 2.19. The first-order valence-corrected chi connectivity index (χ1v) is 6.32. The summed E-state index contributed by atoms with van der Waals surface area (Å²) in [6, 6.07) is 8.12. The standard InChI is InChI=1S/C12H11IO6/c13-19-17-7-9(14)6-16-10-3-1-8-2-4-12(15)18-11(8)5-10/h1-5,9,14H,6-7H2/t9-/m1/s1. The number of hydrogen-bond acceptors (Lipinski definition) is 6. The third kappa shape index (κ3) is 4.16. The van der Waals surface area contributed by atoms with Crippen LogP contribution in [0.5, 0.6) is 5.75 Å². The van der Waals surface area contributed by atoms with Crippen molar-refractivity contribution in [1.29, 1.82) is 0 Å². The minimum Gasteiger partial charge on any atom is -0.491 e. The van der Waals surface area contributed by atoms with Crippen LogP contribution >= 0.6 is 23.0 Å². The maximum absolute atomic E-state index is 11.1. The fraction of sp³-hybridized carbons (Fsp3) is 0.250. The molecule has 1 heterocycles. The van der Waals surface area contributed by atoms with Gasteiger partial charge in [-0.1, -0.05) is 0 Å². The van der Waals surface area contributed by atoms with Crippen molar-refractivity contribution in [3.8, 4) is 5.75 Å². The van der Waals surface area contributed by atoms with Gasteiger partial charge in [0, 0.05) is 17.5 Å². The Balaban J connectivity index is 2.03. The number of aliphatic hydroxyl groups is 1. The maximum atomic E-state index is 11.1. The lowest BCUT2D eigenvalue weighted by Gasteiger charge is -2.11. The molecule has 102 valence electrons. The zero-order valence-electron chi connectivity index (χ0n) is 9.74. The van der Waals surface area contributed by atoms with Crippen molar-refractivity contribution in [2.24, 2.45) is 0 Å². The molecule has 0 aliphatic rings. The average molecular weight is 378 g/mol. The lowest BCUT2D eigenvalue weighted by molar-refractivity contribution is -0.189. The van der Waals surface area contributed by atoms with Crippen molar-refractivity contribution < 1.29 is 22.4 Å². The molecule has 0 saturated carbocycles. The molecular formula is C12H11IO6. The average Bonchev–Trinajstić information content (AvgIpc) is 2.42. The van der Waals surface area contributed by atoms with Gasteiger partial charge in [0.15, 0.2) is 23.0 Å². The maximum Gasteiger partial charge on any atom is 0.336 e. The van der Waals surface area contributed by atoms with Crippen LogP contribution in [0.15, 0.2) is 39.5 Å². The summed E-state index contributed by atoms with van der Waals surface area (Å²) in [4.78, 5) is 15.7. The van der Waals surface area contributed by atoms with Gasteiger partial charge in [0.2, 0.25) is 0 Å². The minimum atomic E-state index is -0.812. The number of fused-ring (bicyclic) bond motifs is 1.